The van der Waals surface area contributed by atoms with Gasteiger partial charge >= 0.3 is 0 Å². The summed E-state index contributed by atoms with van der Waals surface area (Å²) in [4.78, 5) is 21.7. The van der Waals surface area contributed by atoms with Crippen molar-refractivity contribution in [3.05, 3.63) is 54.0 Å². The van der Waals surface area contributed by atoms with Gasteiger partial charge in [-0.3, -0.25) is 4.79 Å². The van der Waals surface area contributed by atoms with Crippen molar-refractivity contribution in [3.8, 4) is 5.75 Å². The van der Waals surface area contributed by atoms with Crippen molar-refractivity contribution in [3.63, 3.8) is 0 Å². The lowest BCUT2D eigenvalue weighted by molar-refractivity contribution is -0.122. The number of amides is 1. The van der Waals surface area contributed by atoms with Gasteiger partial charge in [0.2, 0.25) is 5.91 Å². The number of benzene rings is 1. The summed E-state index contributed by atoms with van der Waals surface area (Å²) in [6.45, 7) is 0.664. The van der Waals surface area contributed by atoms with E-state index < -0.39 is 0 Å². The fourth-order valence-corrected chi connectivity index (χ4v) is 4.05. The highest BCUT2D eigenvalue weighted by atomic mass is 16.5. The second-order valence-electron chi connectivity index (χ2n) is 7.71. The smallest absolute Gasteiger partial charge is 0.220 e. The molecule has 3 aromatic rings. The first-order chi connectivity index (χ1) is 14.2. The molecular weight excluding hydrogens is 364 g/mol. The molecule has 1 aromatic carbocycles. The van der Waals surface area contributed by atoms with Crippen LogP contribution in [0.4, 0.5) is 0 Å². The monoisotopic (exact) mass is 392 g/mol. The summed E-state index contributed by atoms with van der Waals surface area (Å²) in [5, 5.41) is 3.20. The highest BCUT2D eigenvalue weighted by Gasteiger charge is 2.17. The molecule has 6 heteroatoms. The Morgan fingerprint density at radius 1 is 1.17 bits per heavy atom. The third kappa shape index (κ3) is 4.75. The fourth-order valence-electron chi connectivity index (χ4n) is 4.05. The van der Waals surface area contributed by atoms with Gasteiger partial charge in [-0.25, -0.2) is 9.97 Å². The van der Waals surface area contributed by atoms with E-state index in [0.717, 1.165) is 41.1 Å². The molecule has 29 heavy (non-hydrogen) atoms. The minimum absolute atomic E-state index is 0.118. The number of aryl methyl sites for hydroxylation is 1. The number of nitrogens with one attached hydrogen (secondary N) is 1. The number of methoxy groups -OCH3 is 1. The third-order valence-corrected chi connectivity index (χ3v) is 5.63. The van der Waals surface area contributed by atoms with Crippen molar-refractivity contribution in [2.45, 2.75) is 57.5 Å². The summed E-state index contributed by atoms with van der Waals surface area (Å²) in [6.07, 6.45) is 8.76. The number of pyridine rings is 1. The Morgan fingerprint density at radius 2 is 1.97 bits per heavy atom. The van der Waals surface area contributed by atoms with Crippen LogP contribution in [0.3, 0.4) is 0 Å². The Balaban J connectivity index is 1.49. The lowest BCUT2D eigenvalue weighted by Crippen LogP contribution is -2.36. The maximum Gasteiger partial charge on any atom is 0.220 e. The number of hydrogen-bond acceptors (Lipinski definition) is 4. The molecule has 6 nitrogen and oxygen atoms in total. The number of nitrogens with zero attached hydrogens (tertiary/aromatic N) is 3. The van der Waals surface area contributed by atoms with E-state index in [1.807, 2.05) is 36.4 Å². The molecule has 4 rings (SSSR count). The van der Waals surface area contributed by atoms with Crippen molar-refractivity contribution in [2.75, 3.05) is 7.11 Å². The maximum atomic E-state index is 12.5. The molecule has 1 fully saturated rings. The molecule has 2 aromatic heterocycles. The molecule has 0 bridgehead atoms. The zero-order valence-corrected chi connectivity index (χ0v) is 16.9. The Kier molecular flexibility index (Phi) is 6.08. The summed E-state index contributed by atoms with van der Waals surface area (Å²) in [7, 11) is 1.67. The van der Waals surface area contributed by atoms with Crippen LogP contribution < -0.4 is 10.1 Å². The molecule has 152 valence electrons. The molecule has 1 aliphatic carbocycles. The van der Waals surface area contributed by atoms with Gasteiger partial charge in [0.25, 0.3) is 0 Å². The summed E-state index contributed by atoms with van der Waals surface area (Å²) >= 11 is 0. The molecule has 0 aliphatic heterocycles. The topological polar surface area (TPSA) is 69.0 Å². The SMILES string of the molecule is COc1ccc(Cn2c(CCC(=O)NC3CCCCC3)nc3cccnc32)cc1. The van der Waals surface area contributed by atoms with Gasteiger partial charge in [-0.2, -0.15) is 0 Å². The molecule has 1 amide bonds. The van der Waals surface area contributed by atoms with Crippen molar-refractivity contribution in [1.29, 1.82) is 0 Å². The van der Waals surface area contributed by atoms with Gasteiger partial charge in [0, 0.05) is 25.1 Å². The van der Waals surface area contributed by atoms with Crippen molar-refractivity contribution in [2.24, 2.45) is 0 Å². The molecule has 0 radical (unpaired) electrons. The zero-order chi connectivity index (χ0) is 20.1. The van der Waals surface area contributed by atoms with E-state index in [2.05, 4.69) is 14.9 Å². The van der Waals surface area contributed by atoms with Crippen LogP contribution in [-0.2, 0) is 17.8 Å². The van der Waals surface area contributed by atoms with Crippen molar-refractivity contribution < 1.29 is 9.53 Å². The Bertz CT molecular complexity index is 959. The van der Waals surface area contributed by atoms with Gasteiger partial charge in [-0.05, 0) is 42.7 Å². The highest BCUT2D eigenvalue weighted by Crippen LogP contribution is 2.20. The summed E-state index contributed by atoms with van der Waals surface area (Å²) in [5.74, 6) is 1.85. The third-order valence-electron chi connectivity index (χ3n) is 5.63. The number of carbonyl (C=O) groups is 1. The van der Waals surface area contributed by atoms with E-state index in [1.165, 1.54) is 19.3 Å². The van der Waals surface area contributed by atoms with Crippen molar-refractivity contribution >= 4 is 17.1 Å². The van der Waals surface area contributed by atoms with Crippen LogP contribution in [0, 0.1) is 0 Å². The van der Waals surface area contributed by atoms with Crippen LogP contribution >= 0.6 is 0 Å². The minimum Gasteiger partial charge on any atom is -0.497 e. The molecular formula is C23H28N4O2. The molecule has 0 spiro atoms. The average molecular weight is 393 g/mol. The van der Waals surface area contributed by atoms with Gasteiger partial charge in [0.1, 0.15) is 17.1 Å². The van der Waals surface area contributed by atoms with Crippen LogP contribution in [0.2, 0.25) is 0 Å². The van der Waals surface area contributed by atoms with E-state index in [-0.39, 0.29) is 5.91 Å². The Labute approximate surface area is 171 Å². The number of rotatable bonds is 7. The van der Waals surface area contributed by atoms with Crippen LogP contribution in [0.15, 0.2) is 42.6 Å². The van der Waals surface area contributed by atoms with E-state index >= 15 is 0 Å². The van der Waals surface area contributed by atoms with Gasteiger partial charge in [0.15, 0.2) is 5.65 Å². The van der Waals surface area contributed by atoms with E-state index in [0.29, 0.717) is 25.4 Å². The number of carbonyl (C=O) groups excluding carboxylic acids is 1. The van der Waals surface area contributed by atoms with Crippen molar-refractivity contribution in [1.82, 2.24) is 19.9 Å². The molecule has 1 aliphatic rings. The van der Waals surface area contributed by atoms with E-state index in [1.54, 1.807) is 13.3 Å². The summed E-state index contributed by atoms with van der Waals surface area (Å²) < 4.78 is 7.37. The van der Waals surface area contributed by atoms with Gasteiger partial charge in [0.05, 0.1) is 13.7 Å². The number of aromatic nitrogens is 3. The average Bonchev–Trinajstić information content (AvgIpc) is 3.11. The molecule has 1 N–H and O–H groups in total. The van der Waals surface area contributed by atoms with Gasteiger partial charge < -0.3 is 14.6 Å². The number of fused-ring (bicyclic) bond motifs is 1. The highest BCUT2D eigenvalue weighted by molar-refractivity contribution is 5.77. The molecule has 1 saturated carbocycles. The lowest BCUT2D eigenvalue weighted by atomic mass is 9.95. The van der Waals surface area contributed by atoms with Gasteiger partial charge in [-0.15, -0.1) is 0 Å². The standard InChI is InChI=1S/C23H28N4O2/c1-29-19-11-9-17(10-12-19)16-27-21(26-20-8-5-15-24-23(20)27)13-14-22(28)25-18-6-3-2-4-7-18/h5,8-12,15,18H,2-4,6-7,13-14,16H2,1H3,(H,25,28). The fraction of sp³-hybridized carbons (Fsp3) is 0.435. The zero-order valence-electron chi connectivity index (χ0n) is 16.9. The van der Waals surface area contributed by atoms with E-state index in [9.17, 15) is 4.79 Å². The first-order valence-electron chi connectivity index (χ1n) is 10.5. The number of imidazole rings is 1. The van der Waals surface area contributed by atoms with Crippen LogP contribution in [0.25, 0.3) is 11.2 Å². The summed E-state index contributed by atoms with van der Waals surface area (Å²) in [6, 6.07) is 12.2. The van der Waals surface area contributed by atoms with Crippen LogP contribution in [0.1, 0.15) is 49.9 Å². The minimum atomic E-state index is 0.118. The molecule has 0 saturated heterocycles. The maximum absolute atomic E-state index is 12.5. The number of hydrogen-bond donors (Lipinski definition) is 1. The van der Waals surface area contributed by atoms with Crippen LogP contribution in [-0.4, -0.2) is 33.6 Å². The first kappa shape index (κ1) is 19.4. The van der Waals surface area contributed by atoms with Gasteiger partial charge in [-0.1, -0.05) is 31.4 Å². The Hall–Kier alpha value is -2.89. The summed E-state index contributed by atoms with van der Waals surface area (Å²) in [5.41, 5.74) is 2.86. The molecule has 0 unspecified atom stereocenters. The first-order valence-corrected chi connectivity index (χ1v) is 10.5. The normalized spacial score (nSPS) is 14.8. The predicted octanol–water partition coefficient (Wildman–Crippen LogP) is 3.87. The Morgan fingerprint density at radius 3 is 2.72 bits per heavy atom. The predicted molar refractivity (Wildman–Crippen MR) is 113 cm³/mol. The lowest BCUT2D eigenvalue weighted by Gasteiger charge is -2.22. The second kappa shape index (κ2) is 9.07. The van der Waals surface area contributed by atoms with E-state index in [4.69, 9.17) is 9.72 Å². The molecule has 2 heterocycles. The van der Waals surface area contributed by atoms with Crippen LogP contribution in [0.5, 0.6) is 5.75 Å². The second-order valence-corrected chi connectivity index (χ2v) is 7.71. The largest absolute Gasteiger partial charge is 0.497 e. The molecule has 0 atom stereocenters. The number of ether oxygens (including phenoxy) is 1. The quantitative estimate of drug-likeness (QED) is 0.663.